The minimum atomic E-state index is 0.114. The van der Waals surface area contributed by atoms with Gasteiger partial charge < -0.3 is 19.3 Å². The second-order valence-electron chi connectivity index (χ2n) is 7.40. The molecule has 0 saturated heterocycles. The Labute approximate surface area is 186 Å². The van der Waals surface area contributed by atoms with Gasteiger partial charge in [-0.2, -0.15) is 0 Å². The maximum Gasteiger partial charge on any atom is 0.256 e. The third-order valence-electron chi connectivity index (χ3n) is 5.22. The second kappa shape index (κ2) is 9.13. The van der Waals surface area contributed by atoms with E-state index in [0.29, 0.717) is 35.0 Å². The molecular formula is C24H26N4O4. The highest BCUT2D eigenvalue weighted by molar-refractivity contribution is 5.90. The van der Waals surface area contributed by atoms with Gasteiger partial charge in [-0.05, 0) is 37.1 Å². The molecule has 0 aliphatic carbocycles. The molecule has 1 N–H and O–H groups in total. The van der Waals surface area contributed by atoms with E-state index in [4.69, 9.17) is 19.2 Å². The van der Waals surface area contributed by atoms with Crippen molar-refractivity contribution in [2.45, 2.75) is 26.7 Å². The highest BCUT2D eigenvalue weighted by Crippen LogP contribution is 2.35. The molecule has 4 rings (SSSR count). The second-order valence-corrected chi connectivity index (χ2v) is 7.40. The Balaban J connectivity index is 1.71. The van der Waals surface area contributed by atoms with Crippen LogP contribution in [-0.2, 0) is 0 Å². The predicted molar refractivity (Wildman–Crippen MR) is 122 cm³/mol. The quantitative estimate of drug-likeness (QED) is 0.402. The molecule has 8 heteroatoms. The molecule has 0 amide bonds. The Morgan fingerprint density at radius 3 is 2.59 bits per heavy atom. The van der Waals surface area contributed by atoms with E-state index >= 15 is 0 Å². The Bertz CT molecular complexity index is 1240. The average Bonchev–Trinajstić information content (AvgIpc) is 3.16. The van der Waals surface area contributed by atoms with E-state index in [0.717, 1.165) is 35.3 Å². The van der Waals surface area contributed by atoms with Gasteiger partial charge in [0.1, 0.15) is 0 Å². The summed E-state index contributed by atoms with van der Waals surface area (Å²) in [6.07, 6.45) is 7.21. The number of unbranched alkanes of at least 4 members (excludes halogenated alkanes) is 1. The number of hydrogen-bond acceptors (Lipinski definition) is 7. The van der Waals surface area contributed by atoms with Gasteiger partial charge in [0, 0.05) is 24.0 Å². The fraction of sp³-hybridized carbons (Fsp3) is 0.292. The summed E-state index contributed by atoms with van der Waals surface area (Å²) in [7, 11) is 3.11. The van der Waals surface area contributed by atoms with E-state index < -0.39 is 0 Å². The molecule has 0 atom stereocenters. The van der Waals surface area contributed by atoms with E-state index in [2.05, 4.69) is 16.9 Å². The average molecular weight is 434 g/mol. The third-order valence-corrected chi connectivity index (χ3v) is 5.22. The monoisotopic (exact) mass is 434 g/mol. The fourth-order valence-corrected chi connectivity index (χ4v) is 3.52. The number of pyridine rings is 3. The molecule has 0 aliphatic rings. The normalized spacial score (nSPS) is 11.0. The largest absolute Gasteiger partial charge is 0.494 e. The van der Waals surface area contributed by atoms with E-state index in [1.165, 1.54) is 0 Å². The van der Waals surface area contributed by atoms with Crippen LogP contribution in [0.5, 0.6) is 23.4 Å². The molecule has 4 aromatic heterocycles. The van der Waals surface area contributed by atoms with Crippen LogP contribution in [0.4, 0.5) is 0 Å². The number of methoxy groups -OCH3 is 2. The van der Waals surface area contributed by atoms with Crippen LogP contribution in [0.25, 0.3) is 27.8 Å². The molecule has 4 heterocycles. The lowest BCUT2D eigenvalue weighted by Gasteiger charge is -2.09. The van der Waals surface area contributed by atoms with Crippen molar-refractivity contribution in [3.8, 4) is 40.3 Å². The van der Waals surface area contributed by atoms with Crippen LogP contribution in [0.15, 0.2) is 42.9 Å². The summed E-state index contributed by atoms with van der Waals surface area (Å²) < 4.78 is 17.9. The SMILES string of the molecule is CCCCOc1ccc(-n2cc3nc(-c4cnc(OC)c(OC)c4)cc(C)c3c2O)cn1. The van der Waals surface area contributed by atoms with Crippen LogP contribution in [0.3, 0.4) is 0 Å². The van der Waals surface area contributed by atoms with Crippen molar-refractivity contribution in [1.82, 2.24) is 19.5 Å². The number of aromatic nitrogens is 4. The lowest BCUT2D eigenvalue weighted by molar-refractivity contribution is 0.297. The van der Waals surface area contributed by atoms with Gasteiger partial charge in [-0.15, -0.1) is 0 Å². The molecule has 0 spiro atoms. The number of hydrogen-bond donors (Lipinski definition) is 1. The highest BCUT2D eigenvalue weighted by atomic mass is 16.5. The van der Waals surface area contributed by atoms with Gasteiger partial charge in [-0.3, -0.25) is 4.57 Å². The standard InChI is InChI=1S/C24H26N4O4/c1-5-6-9-32-21-8-7-17(13-25-21)28-14-19-22(24(28)29)15(2)10-18(27-19)16-11-20(30-3)23(31-4)26-12-16/h7-8,10-14,29H,5-6,9H2,1-4H3. The van der Waals surface area contributed by atoms with Gasteiger partial charge in [0.25, 0.3) is 5.88 Å². The summed E-state index contributed by atoms with van der Waals surface area (Å²) >= 11 is 0. The summed E-state index contributed by atoms with van der Waals surface area (Å²) in [4.78, 5) is 13.4. The Hall–Kier alpha value is -3.81. The first-order valence-corrected chi connectivity index (χ1v) is 10.4. The highest BCUT2D eigenvalue weighted by Gasteiger charge is 2.17. The van der Waals surface area contributed by atoms with Crippen molar-refractivity contribution in [1.29, 1.82) is 0 Å². The van der Waals surface area contributed by atoms with Crippen molar-refractivity contribution >= 4 is 10.9 Å². The number of ether oxygens (including phenoxy) is 3. The minimum absolute atomic E-state index is 0.114. The van der Waals surface area contributed by atoms with Crippen LogP contribution < -0.4 is 14.2 Å². The molecule has 0 aromatic carbocycles. The van der Waals surface area contributed by atoms with Gasteiger partial charge in [0.2, 0.25) is 11.8 Å². The number of aromatic hydroxyl groups is 1. The van der Waals surface area contributed by atoms with Gasteiger partial charge in [-0.25, -0.2) is 15.0 Å². The summed E-state index contributed by atoms with van der Waals surface area (Å²) in [6, 6.07) is 7.41. The van der Waals surface area contributed by atoms with Crippen molar-refractivity contribution < 1.29 is 19.3 Å². The molecule has 32 heavy (non-hydrogen) atoms. The van der Waals surface area contributed by atoms with Gasteiger partial charge in [0.05, 0.1) is 49.3 Å². The zero-order valence-electron chi connectivity index (χ0n) is 18.6. The van der Waals surface area contributed by atoms with Crippen LogP contribution in [0.1, 0.15) is 25.3 Å². The zero-order chi connectivity index (χ0) is 22.7. The molecular weight excluding hydrogens is 408 g/mol. The van der Waals surface area contributed by atoms with Crippen molar-refractivity contribution in [2.75, 3.05) is 20.8 Å². The number of rotatable bonds is 8. The van der Waals surface area contributed by atoms with E-state index in [1.807, 2.05) is 25.1 Å². The molecule has 0 saturated carbocycles. The first-order chi connectivity index (χ1) is 15.5. The Kier molecular flexibility index (Phi) is 6.11. The Morgan fingerprint density at radius 2 is 1.91 bits per heavy atom. The summed E-state index contributed by atoms with van der Waals surface area (Å²) in [5, 5.41) is 11.6. The van der Waals surface area contributed by atoms with Crippen LogP contribution >= 0.6 is 0 Å². The molecule has 0 aliphatic heterocycles. The lowest BCUT2D eigenvalue weighted by Crippen LogP contribution is -1.99. The Morgan fingerprint density at radius 1 is 1.06 bits per heavy atom. The van der Waals surface area contributed by atoms with E-state index in [-0.39, 0.29) is 5.88 Å². The summed E-state index contributed by atoms with van der Waals surface area (Å²) in [5.74, 6) is 1.61. The van der Waals surface area contributed by atoms with Crippen molar-refractivity contribution in [3.63, 3.8) is 0 Å². The zero-order valence-corrected chi connectivity index (χ0v) is 18.6. The topological polar surface area (TPSA) is 91.5 Å². The lowest BCUT2D eigenvalue weighted by atomic mass is 10.1. The summed E-state index contributed by atoms with van der Waals surface area (Å²) in [6.45, 7) is 4.69. The minimum Gasteiger partial charge on any atom is -0.494 e. The number of aryl methyl sites for hydroxylation is 1. The predicted octanol–water partition coefficient (Wildman–Crippen LogP) is 4.69. The molecule has 0 fully saturated rings. The first-order valence-electron chi connectivity index (χ1n) is 10.4. The maximum absolute atomic E-state index is 10.9. The van der Waals surface area contributed by atoms with Crippen LogP contribution in [0, 0.1) is 6.92 Å². The molecule has 0 radical (unpaired) electrons. The number of nitrogens with zero attached hydrogens (tertiary/aromatic N) is 4. The molecule has 166 valence electrons. The van der Waals surface area contributed by atoms with Gasteiger partial charge in [-0.1, -0.05) is 13.3 Å². The number of fused-ring (bicyclic) bond motifs is 1. The van der Waals surface area contributed by atoms with Crippen LogP contribution in [-0.4, -0.2) is 45.5 Å². The smallest absolute Gasteiger partial charge is 0.256 e. The van der Waals surface area contributed by atoms with Gasteiger partial charge in [0.15, 0.2) is 5.75 Å². The van der Waals surface area contributed by atoms with Crippen molar-refractivity contribution in [2.24, 2.45) is 0 Å². The van der Waals surface area contributed by atoms with E-state index in [9.17, 15) is 5.11 Å². The van der Waals surface area contributed by atoms with Crippen LogP contribution in [0.2, 0.25) is 0 Å². The molecule has 8 nitrogen and oxygen atoms in total. The first kappa shape index (κ1) is 21.4. The summed E-state index contributed by atoms with van der Waals surface area (Å²) in [5.41, 5.74) is 3.78. The maximum atomic E-state index is 10.9. The molecule has 0 unspecified atom stereocenters. The van der Waals surface area contributed by atoms with E-state index in [1.54, 1.807) is 43.4 Å². The molecule has 0 bridgehead atoms. The van der Waals surface area contributed by atoms with Gasteiger partial charge >= 0.3 is 0 Å². The third kappa shape index (κ3) is 4.03. The fourth-order valence-electron chi connectivity index (χ4n) is 3.52. The molecule has 4 aromatic rings. The van der Waals surface area contributed by atoms with Crippen molar-refractivity contribution in [3.05, 3.63) is 48.4 Å².